The summed E-state index contributed by atoms with van der Waals surface area (Å²) in [6, 6.07) is 15.5. The molecular weight excluding hydrogens is 384 g/mol. The second-order valence-corrected chi connectivity index (χ2v) is 7.90. The summed E-state index contributed by atoms with van der Waals surface area (Å²) in [4.78, 5) is 22.9. The van der Waals surface area contributed by atoms with E-state index in [0.29, 0.717) is 19.6 Å². The first-order valence-electron chi connectivity index (χ1n) is 8.56. The molecule has 1 aromatic heterocycles. The van der Waals surface area contributed by atoms with E-state index in [1.807, 2.05) is 48.7 Å². The molecule has 1 atom stereocenters. The zero-order chi connectivity index (χ0) is 18.8. The number of imide groups is 1. The van der Waals surface area contributed by atoms with Crippen LogP contribution in [-0.4, -0.2) is 27.6 Å². The Bertz CT molecular complexity index is 1000. The van der Waals surface area contributed by atoms with Crippen molar-refractivity contribution in [2.75, 3.05) is 6.61 Å². The maximum absolute atomic E-state index is 11.6. The van der Waals surface area contributed by atoms with Crippen molar-refractivity contribution in [1.29, 1.82) is 0 Å². The van der Waals surface area contributed by atoms with Crippen LogP contribution in [0.3, 0.4) is 0 Å². The number of benzene rings is 2. The summed E-state index contributed by atoms with van der Waals surface area (Å²) in [5, 5.41) is 3.55. The number of rotatable bonds is 6. The van der Waals surface area contributed by atoms with Crippen molar-refractivity contribution >= 4 is 45.4 Å². The van der Waals surface area contributed by atoms with Gasteiger partial charge in [-0.25, -0.2) is 0 Å². The van der Waals surface area contributed by atoms with Gasteiger partial charge in [0.05, 0.1) is 11.8 Å². The van der Waals surface area contributed by atoms with Crippen molar-refractivity contribution in [3.63, 3.8) is 0 Å². The van der Waals surface area contributed by atoms with Crippen molar-refractivity contribution in [3.8, 4) is 5.75 Å². The van der Waals surface area contributed by atoms with Crippen LogP contribution < -0.4 is 10.1 Å². The van der Waals surface area contributed by atoms with E-state index in [1.54, 1.807) is 0 Å². The number of halogens is 1. The molecule has 5 nitrogen and oxygen atoms in total. The molecule has 1 aliphatic rings. The average Bonchev–Trinajstić information content (AvgIpc) is 3.19. The van der Waals surface area contributed by atoms with Crippen LogP contribution >= 0.6 is 23.4 Å². The number of hydrogen-bond acceptors (Lipinski definition) is 4. The molecule has 0 spiro atoms. The molecule has 2 aromatic carbocycles. The summed E-state index contributed by atoms with van der Waals surface area (Å²) in [5.41, 5.74) is 2.08. The van der Waals surface area contributed by atoms with Crippen molar-refractivity contribution in [3.05, 3.63) is 65.3 Å². The molecular formula is C20H17ClN2O3S. The Morgan fingerprint density at radius 3 is 2.67 bits per heavy atom. The number of aromatic nitrogens is 1. The van der Waals surface area contributed by atoms with Gasteiger partial charge in [0.25, 0.3) is 5.24 Å². The van der Waals surface area contributed by atoms with Crippen molar-refractivity contribution < 1.29 is 14.3 Å². The third kappa shape index (κ3) is 4.12. The lowest BCUT2D eigenvalue weighted by atomic mass is 10.1. The van der Waals surface area contributed by atoms with Crippen LogP contribution in [0.15, 0.2) is 54.7 Å². The van der Waals surface area contributed by atoms with Gasteiger partial charge in [0.15, 0.2) is 0 Å². The number of nitrogens with zero attached hydrogens (tertiary/aromatic N) is 1. The highest BCUT2D eigenvalue weighted by Crippen LogP contribution is 2.24. The van der Waals surface area contributed by atoms with E-state index in [9.17, 15) is 9.59 Å². The summed E-state index contributed by atoms with van der Waals surface area (Å²) in [6.07, 6.45) is 2.55. The highest BCUT2D eigenvalue weighted by Gasteiger charge is 2.31. The van der Waals surface area contributed by atoms with Crippen LogP contribution in [0.4, 0.5) is 4.79 Å². The highest BCUT2D eigenvalue weighted by atomic mass is 35.5. The lowest BCUT2D eigenvalue weighted by Crippen LogP contribution is -2.25. The van der Waals surface area contributed by atoms with Crippen LogP contribution in [0, 0.1) is 0 Å². The Morgan fingerprint density at radius 1 is 1.11 bits per heavy atom. The Hall–Kier alpha value is -2.44. The van der Waals surface area contributed by atoms with Crippen LogP contribution in [0.25, 0.3) is 10.9 Å². The first kappa shape index (κ1) is 17.9. The van der Waals surface area contributed by atoms with Crippen molar-refractivity contribution in [2.45, 2.75) is 18.2 Å². The van der Waals surface area contributed by atoms with Gasteiger partial charge in [-0.3, -0.25) is 14.9 Å². The van der Waals surface area contributed by atoms with Gasteiger partial charge in [-0.2, -0.15) is 0 Å². The molecule has 0 aliphatic carbocycles. The molecule has 4 rings (SSSR count). The number of thioether (sulfide) groups is 1. The van der Waals surface area contributed by atoms with Gasteiger partial charge < -0.3 is 9.30 Å². The van der Waals surface area contributed by atoms with Crippen molar-refractivity contribution in [1.82, 2.24) is 9.88 Å². The monoisotopic (exact) mass is 400 g/mol. The zero-order valence-electron chi connectivity index (χ0n) is 14.4. The van der Waals surface area contributed by atoms with Gasteiger partial charge in [-0.15, -0.1) is 0 Å². The maximum atomic E-state index is 11.6. The van der Waals surface area contributed by atoms with Gasteiger partial charge in [0.2, 0.25) is 5.91 Å². The molecule has 138 valence electrons. The summed E-state index contributed by atoms with van der Waals surface area (Å²) >= 11 is 7.12. The second kappa shape index (κ2) is 7.66. The molecule has 1 unspecified atom stereocenters. The van der Waals surface area contributed by atoms with E-state index < -0.39 is 0 Å². The first-order chi connectivity index (χ1) is 13.1. The van der Waals surface area contributed by atoms with E-state index in [-0.39, 0.29) is 16.4 Å². The Balaban J connectivity index is 1.33. The molecule has 1 aliphatic heterocycles. The largest absolute Gasteiger partial charge is 0.492 e. The molecule has 0 saturated carbocycles. The minimum absolute atomic E-state index is 0.218. The molecule has 7 heteroatoms. The smallest absolute Gasteiger partial charge is 0.286 e. The molecule has 1 saturated heterocycles. The minimum atomic E-state index is -0.349. The summed E-state index contributed by atoms with van der Waals surface area (Å²) in [6.45, 7) is 1.25. The van der Waals surface area contributed by atoms with Crippen molar-refractivity contribution in [2.24, 2.45) is 0 Å². The van der Waals surface area contributed by atoms with Crippen LogP contribution in [-0.2, 0) is 17.8 Å². The quantitative estimate of drug-likeness (QED) is 0.671. The molecule has 0 bridgehead atoms. The molecule has 1 N–H and O–H groups in total. The van der Waals surface area contributed by atoms with Gasteiger partial charge in [0, 0.05) is 16.7 Å². The molecule has 3 aromatic rings. The molecule has 1 fully saturated rings. The predicted molar refractivity (Wildman–Crippen MR) is 108 cm³/mol. The highest BCUT2D eigenvalue weighted by molar-refractivity contribution is 8.15. The van der Waals surface area contributed by atoms with Crippen LogP contribution in [0.5, 0.6) is 5.75 Å². The zero-order valence-corrected chi connectivity index (χ0v) is 15.9. The number of carbonyl (C=O) groups excluding carboxylic acids is 2. The fourth-order valence-electron chi connectivity index (χ4n) is 3.08. The number of carbonyl (C=O) groups is 2. The van der Waals surface area contributed by atoms with E-state index in [4.69, 9.17) is 16.3 Å². The van der Waals surface area contributed by atoms with E-state index >= 15 is 0 Å². The number of nitrogens with one attached hydrogen (secondary N) is 1. The lowest BCUT2D eigenvalue weighted by molar-refractivity contribution is -0.118. The summed E-state index contributed by atoms with van der Waals surface area (Å²) < 4.78 is 7.94. The maximum Gasteiger partial charge on any atom is 0.286 e. The fourth-order valence-corrected chi connectivity index (χ4v) is 4.10. The summed E-state index contributed by atoms with van der Waals surface area (Å²) in [5.74, 6) is 0.553. The number of amides is 2. The molecule has 2 amide bonds. The summed E-state index contributed by atoms with van der Waals surface area (Å²) in [7, 11) is 0. The molecule has 27 heavy (non-hydrogen) atoms. The van der Waals surface area contributed by atoms with E-state index in [2.05, 4.69) is 16.0 Å². The third-order valence-corrected chi connectivity index (χ3v) is 5.66. The van der Waals surface area contributed by atoms with Gasteiger partial charge >= 0.3 is 0 Å². The first-order valence-corrected chi connectivity index (χ1v) is 9.82. The average molecular weight is 401 g/mol. The van der Waals surface area contributed by atoms with Crippen LogP contribution in [0.2, 0.25) is 5.02 Å². The second-order valence-electron chi connectivity index (χ2n) is 6.29. The van der Waals surface area contributed by atoms with Gasteiger partial charge in [0.1, 0.15) is 12.4 Å². The number of ether oxygens (including phenoxy) is 1. The predicted octanol–water partition coefficient (Wildman–Crippen LogP) is 4.27. The Kier molecular flexibility index (Phi) is 5.09. The van der Waals surface area contributed by atoms with E-state index in [1.165, 1.54) is 0 Å². The SMILES string of the molecule is O=C1NC(=O)C(Cc2ccc(OCCn3ccc4ccc(Cl)cc43)cc2)S1. The van der Waals surface area contributed by atoms with Crippen LogP contribution in [0.1, 0.15) is 5.56 Å². The van der Waals surface area contributed by atoms with E-state index in [0.717, 1.165) is 39.0 Å². The topological polar surface area (TPSA) is 60.3 Å². The number of fused-ring (bicyclic) bond motifs is 1. The molecule has 0 radical (unpaired) electrons. The lowest BCUT2D eigenvalue weighted by Gasteiger charge is -2.10. The molecule has 2 heterocycles. The minimum Gasteiger partial charge on any atom is -0.492 e. The Morgan fingerprint density at radius 2 is 1.93 bits per heavy atom. The Labute approximate surface area is 165 Å². The number of hydrogen-bond donors (Lipinski definition) is 1. The van der Waals surface area contributed by atoms with Gasteiger partial charge in [-0.05, 0) is 47.7 Å². The normalized spacial score (nSPS) is 16.7. The fraction of sp³-hybridized carbons (Fsp3) is 0.200. The third-order valence-electron chi connectivity index (χ3n) is 4.45. The van der Waals surface area contributed by atoms with Gasteiger partial charge in [-0.1, -0.05) is 41.6 Å². The standard InChI is InChI=1S/C20H17ClN2O3S/c21-15-4-3-14-7-8-23(17(14)12-15)9-10-26-16-5-1-13(2-6-16)11-18-19(24)22-20(25)27-18/h1-8,12,18H,9-11H2,(H,22,24,25).